The molecular weight excluding hydrogens is 196 g/mol. The van der Waals surface area contributed by atoms with Crippen LogP contribution in [-0.2, 0) is 0 Å². The molecule has 2 heteroatoms. The first kappa shape index (κ1) is 12.6. The van der Waals surface area contributed by atoms with Crippen molar-refractivity contribution in [1.82, 2.24) is 5.32 Å². The molecule has 1 aromatic rings. The molecule has 0 radical (unpaired) electrons. The van der Waals surface area contributed by atoms with Crippen LogP contribution >= 0.6 is 0 Å². The highest BCUT2D eigenvalue weighted by Gasteiger charge is 2.08. The van der Waals surface area contributed by atoms with Crippen LogP contribution < -0.4 is 10.2 Å². The molecule has 0 saturated carbocycles. The molecule has 16 heavy (non-hydrogen) atoms. The number of hydrogen-bond donors (Lipinski definition) is 1. The van der Waals surface area contributed by atoms with Crippen LogP contribution in [0.1, 0.15) is 24.4 Å². The van der Waals surface area contributed by atoms with Gasteiger partial charge >= 0.3 is 0 Å². The van der Waals surface area contributed by atoms with Crippen molar-refractivity contribution in [1.29, 1.82) is 0 Å². The fourth-order valence-electron chi connectivity index (χ4n) is 1.73. The largest absolute Gasteiger partial charge is 0.378 e. The van der Waals surface area contributed by atoms with E-state index in [-0.39, 0.29) is 0 Å². The van der Waals surface area contributed by atoms with E-state index >= 15 is 0 Å². The SMILES string of the molecule is C#CCCC(NC)c1cccc(N(C)C)c1. The van der Waals surface area contributed by atoms with Crippen molar-refractivity contribution in [3.8, 4) is 12.3 Å². The Kier molecular flexibility index (Phi) is 4.88. The fourth-order valence-corrected chi connectivity index (χ4v) is 1.73. The molecule has 0 aliphatic heterocycles. The summed E-state index contributed by atoms with van der Waals surface area (Å²) in [6.45, 7) is 0. The first-order valence-corrected chi connectivity index (χ1v) is 5.57. The second kappa shape index (κ2) is 6.19. The van der Waals surface area contributed by atoms with Crippen LogP contribution in [0.25, 0.3) is 0 Å². The Morgan fingerprint density at radius 2 is 2.19 bits per heavy atom. The molecular formula is C14H20N2. The molecule has 0 bridgehead atoms. The topological polar surface area (TPSA) is 15.3 Å². The molecule has 0 heterocycles. The number of nitrogens with one attached hydrogen (secondary N) is 1. The maximum Gasteiger partial charge on any atom is 0.0364 e. The molecule has 0 spiro atoms. The third kappa shape index (κ3) is 3.29. The summed E-state index contributed by atoms with van der Waals surface area (Å²) in [4.78, 5) is 2.11. The average molecular weight is 216 g/mol. The number of rotatable bonds is 5. The van der Waals surface area contributed by atoms with Gasteiger partial charge in [-0.1, -0.05) is 12.1 Å². The van der Waals surface area contributed by atoms with Gasteiger partial charge in [-0.2, -0.15) is 0 Å². The lowest BCUT2D eigenvalue weighted by molar-refractivity contribution is 0.558. The van der Waals surface area contributed by atoms with E-state index in [2.05, 4.69) is 54.5 Å². The molecule has 0 saturated heterocycles. The lowest BCUT2D eigenvalue weighted by Gasteiger charge is -2.19. The zero-order valence-corrected chi connectivity index (χ0v) is 10.3. The van der Waals surface area contributed by atoms with Crippen LogP contribution in [-0.4, -0.2) is 21.1 Å². The lowest BCUT2D eigenvalue weighted by atomic mass is 10.0. The quantitative estimate of drug-likeness (QED) is 0.760. The number of terminal acetylenes is 1. The van der Waals surface area contributed by atoms with Crippen molar-refractivity contribution in [2.75, 3.05) is 26.0 Å². The summed E-state index contributed by atoms with van der Waals surface area (Å²) in [6, 6.07) is 8.89. The molecule has 0 aliphatic rings. The van der Waals surface area contributed by atoms with E-state index in [1.165, 1.54) is 11.3 Å². The molecule has 0 amide bonds. The molecule has 0 aromatic heterocycles. The highest BCUT2D eigenvalue weighted by Crippen LogP contribution is 2.22. The van der Waals surface area contributed by atoms with Crippen molar-refractivity contribution in [2.24, 2.45) is 0 Å². The first-order valence-electron chi connectivity index (χ1n) is 5.57. The number of nitrogens with zero attached hydrogens (tertiary/aromatic N) is 1. The van der Waals surface area contributed by atoms with E-state index in [9.17, 15) is 0 Å². The molecule has 86 valence electrons. The van der Waals surface area contributed by atoms with Gasteiger partial charge in [0, 0.05) is 32.2 Å². The van der Waals surface area contributed by atoms with Gasteiger partial charge in [0.25, 0.3) is 0 Å². The molecule has 0 aliphatic carbocycles. The third-order valence-electron chi connectivity index (χ3n) is 2.71. The van der Waals surface area contributed by atoms with Gasteiger partial charge in [0.05, 0.1) is 0 Å². The average Bonchev–Trinajstić information content (AvgIpc) is 2.30. The van der Waals surface area contributed by atoms with E-state index < -0.39 is 0 Å². The van der Waals surface area contributed by atoms with E-state index in [0.717, 1.165) is 12.8 Å². The van der Waals surface area contributed by atoms with E-state index in [1.807, 2.05) is 7.05 Å². The van der Waals surface area contributed by atoms with Gasteiger partial charge in [0.15, 0.2) is 0 Å². The summed E-state index contributed by atoms with van der Waals surface area (Å²) in [6.07, 6.45) is 7.08. The van der Waals surface area contributed by atoms with Crippen LogP contribution in [0.5, 0.6) is 0 Å². The second-order valence-corrected chi connectivity index (χ2v) is 4.07. The highest BCUT2D eigenvalue weighted by molar-refractivity contribution is 5.47. The maximum absolute atomic E-state index is 5.30. The monoisotopic (exact) mass is 216 g/mol. The predicted octanol–water partition coefficient (Wildman–Crippen LogP) is 2.43. The van der Waals surface area contributed by atoms with Gasteiger partial charge in [-0.05, 0) is 31.2 Å². The Bertz CT molecular complexity index is 363. The first-order chi connectivity index (χ1) is 7.69. The minimum Gasteiger partial charge on any atom is -0.378 e. The van der Waals surface area contributed by atoms with Crippen molar-refractivity contribution in [2.45, 2.75) is 18.9 Å². The molecule has 0 fully saturated rings. The van der Waals surface area contributed by atoms with Gasteiger partial charge in [-0.25, -0.2) is 0 Å². The van der Waals surface area contributed by atoms with Crippen LogP contribution in [0.15, 0.2) is 24.3 Å². The van der Waals surface area contributed by atoms with E-state index in [4.69, 9.17) is 6.42 Å². The van der Waals surface area contributed by atoms with Crippen molar-refractivity contribution < 1.29 is 0 Å². The van der Waals surface area contributed by atoms with E-state index in [1.54, 1.807) is 0 Å². The Morgan fingerprint density at radius 1 is 1.44 bits per heavy atom. The predicted molar refractivity (Wildman–Crippen MR) is 70.6 cm³/mol. The minimum absolute atomic E-state index is 0.343. The smallest absolute Gasteiger partial charge is 0.0364 e. The highest BCUT2D eigenvalue weighted by atomic mass is 15.1. The molecule has 1 atom stereocenters. The van der Waals surface area contributed by atoms with Crippen LogP contribution in [0.3, 0.4) is 0 Å². The molecule has 1 N–H and O–H groups in total. The third-order valence-corrected chi connectivity index (χ3v) is 2.71. The van der Waals surface area contributed by atoms with Crippen molar-refractivity contribution in [3.63, 3.8) is 0 Å². The number of benzene rings is 1. The van der Waals surface area contributed by atoms with Gasteiger partial charge in [-0.3, -0.25) is 0 Å². The molecule has 1 aromatic carbocycles. The summed E-state index contributed by atoms with van der Waals surface area (Å²) in [5.74, 6) is 2.69. The molecule has 1 rings (SSSR count). The minimum atomic E-state index is 0.343. The standard InChI is InChI=1S/C14H20N2/c1-5-6-10-14(15-2)12-8-7-9-13(11-12)16(3)4/h1,7-9,11,14-15H,6,10H2,2-4H3. The summed E-state index contributed by atoms with van der Waals surface area (Å²) in [7, 11) is 6.08. The molecule has 1 unspecified atom stereocenters. The van der Waals surface area contributed by atoms with Crippen LogP contribution in [0, 0.1) is 12.3 Å². The Morgan fingerprint density at radius 3 is 2.75 bits per heavy atom. The lowest BCUT2D eigenvalue weighted by Crippen LogP contribution is -2.17. The zero-order chi connectivity index (χ0) is 12.0. The summed E-state index contributed by atoms with van der Waals surface area (Å²) in [5.41, 5.74) is 2.52. The van der Waals surface area contributed by atoms with Crippen LogP contribution in [0.4, 0.5) is 5.69 Å². The normalized spacial score (nSPS) is 11.9. The van der Waals surface area contributed by atoms with Crippen molar-refractivity contribution in [3.05, 3.63) is 29.8 Å². The Balaban J connectivity index is 2.84. The van der Waals surface area contributed by atoms with Crippen LogP contribution in [0.2, 0.25) is 0 Å². The number of hydrogen-bond acceptors (Lipinski definition) is 2. The van der Waals surface area contributed by atoms with Gasteiger partial charge in [0.1, 0.15) is 0 Å². The van der Waals surface area contributed by atoms with E-state index in [0.29, 0.717) is 6.04 Å². The Labute approximate surface area is 98.7 Å². The van der Waals surface area contributed by atoms with Crippen molar-refractivity contribution >= 4 is 5.69 Å². The summed E-state index contributed by atoms with van der Waals surface area (Å²) in [5, 5.41) is 3.31. The zero-order valence-electron chi connectivity index (χ0n) is 10.3. The fraction of sp³-hybridized carbons (Fsp3) is 0.429. The Hall–Kier alpha value is -1.46. The second-order valence-electron chi connectivity index (χ2n) is 4.07. The van der Waals surface area contributed by atoms with Gasteiger partial charge in [-0.15, -0.1) is 12.3 Å². The maximum atomic E-state index is 5.30. The van der Waals surface area contributed by atoms with Gasteiger partial charge < -0.3 is 10.2 Å². The number of anilines is 1. The molecule has 2 nitrogen and oxygen atoms in total. The summed E-state index contributed by atoms with van der Waals surface area (Å²) < 4.78 is 0. The van der Waals surface area contributed by atoms with Gasteiger partial charge in [0.2, 0.25) is 0 Å². The summed E-state index contributed by atoms with van der Waals surface area (Å²) >= 11 is 0.